The highest BCUT2D eigenvalue weighted by molar-refractivity contribution is 5.71. The molecular weight excluding hydrogens is 781 g/mol. The number of carbonyl (C=O) groups is 3. The molecule has 0 aliphatic carbocycles. The molecule has 0 rings (SSSR count). The van der Waals surface area contributed by atoms with Crippen molar-refractivity contribution in [3.63, 3.8) is 0 Å². The highest BCUT2D eigenvalue weighted by Crippen LogP contribution is 2.14. The fourth-order valence-electron chi connectivity index (χ4n) is 7.64. The summed E-state index contributed by atoms with van der Waals surface area (Å²) in [4.78, 5) is 38.0. The molecule has 0 aromatic rings. The lowest BCUT2D eigenvalue weighted by molar-refractivity contribution is -0.167. The van der Waals surface area contributed by atoms with Gasteiger partial charge in [-0.25, -0.2) is 0 Å². The Balaban J connectivity index is 4.39. The van der Waals surface area contributed by atoms with E-state index in [9.17, 15) is 14.4 Å². The van der Waals surface area contributed by atoms with Crippen LogP contribution >= 0.6 is 0 Å². The van der Waals surface area contributed by atoms with Gasteiger partial charge < -0.3 is 14.2 Å². The van der Waals surface area contributed by atoms with Crippen molar-refractivity contribution in [1.29, 1.82) is 0 Å². The Hall–Kier alpha value is -2.63. The summed E-state index contributed by atoms with van der Waals surface area (Å²) < 4.78 is 16.8. The summed E-state index contributed by atoms with van der Waals surface area (Å²) in [6.45, 7) is 6.59. The highest BCUT2D eigenvalue weighted by Gasteiger charge is 2.19. The third kappa shape index (κ3) is 50.2. The Morgan fingerprint density at radius 3 is 0.937 bits per heavy atom. The van der Waals surface area contributed by atoms with Crippen LogP contribution in [-0.4, -0.2) is 37.2 Å². The zero-order valence-electron chi connectivity index (χ0n) is 41.8. The van der Waals surface area contributed by atoms with Crippen LogP contribution in [0.25, 0.3) is 0 Å². The Morgan fingerprint density at radius 1 is 0.317 bits per heavy atom. The Morgan fingerprint density at radius 2 is 0.571 bits per heavy atom. The van der Waals surface area contributed by atoms with Crippen LogP contribution in [0.1, 0.15) is 278 Å². The van der Waals surface area contributed by atoms with Gasteiger partial charge in [0.05, 0.1) is 0 Å². The summed E-state index contributed by atoms with van der Waals surface area (Å²) in [5, 5.41) is 0. The molecule has 0 saturated carbocycles. The van der Waals surface area contributed by atoms with Crippen LogP contribution in [0, 0.1) is 0 Å². The smallest absolute Gasteiger partial charge is 0.306 e. The minimum atomic E-state index is -0.784. The largest absolute Gasteiger partial charge is 0.462 e. The van der Waals surface area contributed by atoms with Crippen molar-refractivity contribution < 1.29 is 28.6 Å². The first kappa shape index (κ1) is 60.4. The first-order valence-corrected chi connectivity index (χ1v) is 27.1. The zero-order chi connectivity index (χ0) is 45.8. The SMILES string of the molecule is CCCCC/C=C\C/C=C\CCCCCCCC(=O)OC(COC(=O)CCCCCCC/C=C\CCCCCC)COC(=O)CCCCCCCCC/C=C\CCCCCCCC. The number of hydrogen-bond donors (Lipinski definition) is 0. The molecular formula is C57H102O6. The van der Waals surface area contributed by atoms with E-state index in [-0.39, 0.29) is 31.1 Å². The van der Waals surface area contributed by atoms with Gasteiger partial charge in [0, 0.05) is 19.3 Å². The predicted molar refractivity (Wildman–Crippen MR) is 270 cm³/mol. The molecule has 0 fully saturated rings. The van der Waals surface area contributed by atoms with Crippen molar-refractivity contribution in [2.45, 2.75) is 284 Å². The minimum Gasteiger partial charge on any atom is -0.462 e. The number of allylic oxidation sites excluding steroid dienone is 8. The number of ether oxygens (including phenoxy) is 3. The van der Waals surface area contributed by atoms with E-state index in [1.54, 1.807) is 0 Å². The molecule has 0 bridgehead atoms. The normalized spacial score (nSPS) is 12.4. The molecule has 6 heteroatoms. The summed E-state index contributed by atoms with van der Waals surface area (Å²) >= 11 is 0. The van der Waals surface area contributed by atoms with Crippen LogP contribution in [0.15, 0.2) is 48.6 Å². The third-order valence-corrected chi connectivity index (χ3v) is 11.8. The summed E-state index contributed by atoms with van der Waals surface area (Å²) in [5.74, 6) is -0.901. The van der Waals surface area contributed by atoms with E-state index in [0.717, 1.165) is 89.9 Å². The molecule has 1 atom stereocenters. The number of rotatable bonds is 49. The summed E-state index contributed by atoms with van der Waals surface area (Å²) in [6, 6.07) is 0. The fraction of sp³-hybridized carbons (Fsp3) is 0.807. The van der Waals surface area contributed by atoms with Gasteiger partial charge in [0.15, 0.2) is 6.10 Å². The van der Waals surface area contributed by atoms with Crippen LogP contribution in [-0.2, 0) is 28.6 Å². The van der Waals surface area contributed by atoms with Gasteiger partial charge in [-0.1, -0.05) is 204 Å². The second-order valence-electron chi connectivity index (χ2n) is 18.1. The lowest BCUT2D eigenvalue weighted by Gasteiger charge is -2.18. The fourth-order valence-corrected chi connectivity index (χ4v) is 7.64. The zero-order valence-corrected chi connectivity index (χ0v) is 41.8. The van der Waals surface area contributed by atoms with Crippen molar-refractivity contribution in [1.82, 2.24) is 0 Å². The Bertz CT molecular complexity index is 1110. The van der Waals surface area contributed by atoms with E-state index in [2.05, 4.69) is 69.4 Å². The Labute approximate surface area is 390 Å². The first-order valence-electron chi connectivity index (χ1n) is 27.1. The molecule has 0 aliphatic heterocycles. The van der Waals surface area contributed by atoms with Crippen molar-refractivity contribution in [3.05, 3.63) is 48.6 Å². The lowest BCUT2D eigenvalue weighted by atomic mass is 10.1. The second-order valence-corrected chi connectivity index (χ2v) is 18.1. The molecule has 0 aromatic carbocycles. The van der Waals surface area contributed by atoms with E-state index >= 15 is 0 Å². The molecule has 0 heterocycles. The number of unbranched alkanes of at least 4 members (excludes halogenated alkanes) is 30. The van der Waals surface area contributed by atoms with Gasteiger partial charge in [-0.05, 0) is 103 Å². The molecule has 0 aromatic heterocycles. The van der Waals surface area contributed by atoms with E-state index in [1.165, 1.54) is 148 Å². The maximum absolute atomic E-state index is 12.8. The average molecular weight is 883 g/mol. The van der Waals surface area contributed by atoms with Crippen LogP contribution in [0.5, 0.6) is 0 Å². The maximum atomic E-state index is 12.8. The number of carbonyl (C=O) groups excluding carboxylic acids is 3. The molecule has 0 aliphatic rings. The monoisotopic (exact) mass is 883 g/mol. The molecule has 0 amide bonds. The van der Waals surface area contributed by atoms with Gasteiger partial charge in [-0.15, -0.1) is 0 Å². The van der Waals surface area contributed by atoms with E-state index < -0.39 is 6.10 Å². The standard InChI is InChI=1S/C57H102O6/c1-4-7-10-13-16-19-22-25-27-28-30-32-35-38-41-44-47-50-56(59)62-53-54(52-61-55(58)49-46-43-40-37-34-31-24-21-18-15-12-9-6-3)63-57(60)51-48-45-42-39-36-33-29-26-23-20-17-14-11-8-5-2/h17,20-21,24-27,29,54H,4-16,18-19,22-23,28,30-53H2,1-3H3/b20-17-,24-21-,27-25-,29-26-. The van der Waals surface area contributed by atoms with Crippen LogP contribution in [0.3, 0.4) is 0 Å². The molecule has 1 unspecified atom stereocenters. The van der Waals surface area contributed by atoms with Gasteiger partial charge >= 0.3 is 17.9 Å². The van der Waals surface area contributed by atoms with Crippen molar-refractivity contribution in [2.75, 3.05) is 13.2 Å². The molecule has 0 spiro atoms. The topological polar surface area (TPSA) is 78.9 Å². The summed E-state index contributed by atoms with van der Waals surface area (Å²) in [6.07, 6.45) is 62.3. The van der Waals surface area contributed by atoms with Crippen molar-refractivity contribution in [3.8, 4) is 0 Å². The maximum Gasteiger partial charge on any atom is 0.306 e. The first-order chi connectivity index (χ1) is 31.0. The summed E-state index contributed by atoms with van der Waals surface area (Å²) in [5.41, 5.74) is 0. The molecule has 6 nitrogen and oxygen atoms in total. The molecule has 366 valence electrons. The lowest BCUT2D eigenvalue weighted by Crippen LogP contribution is -2.30. The average Bonchev–Trinajstić information content (AvgIpc) is 3.28. The molecule has 0 N–H and O–H groups in total. The molecule has 0 saturated heterocycles. The molecule has 0 radical (unpaired) electrons. The van der Waals surface area contributed by atoms with E-state index in [4.69, 9.17) is 14.2 Å². The van der Waals surface area contributed by atoms with Crippen LogP contribution in [0.2, 0.25) is 0 Å². The third-order valence-electron chi connectivity index (χ3n) is 11.8. The van der Waals surface area contributed by atoms with E-state index in [1.807, 2.05) is 0 Å². The van der Waals surface area contributed by atoms with Crippen molar-refractivity contribution >= 4 is 17.9 Å². The molecule has 63 heavy (non-hydrogen) atoms. The predicted octanol–water partition coefficient (Wildman–Crippen LogP) is 17.9. The van der Waals surface area contributed by atoms with Gasteiger partial charge in [0.2, 0.25) is 0 Å². The van der Waals surface area contributed by atoms with Crippen molar-refractivity contribution in [2.24, 2.45) is 0 Å². The number of esters is 3. The van der Waals surface area contributed by atoms with Gasteiger partial charge in [0.1, 0.15) is 13.2 Å². The van der Waals surface area contributed by atoms with Gasteiger partial charge in [0.25, 0.3) is 0 Å². The van der Waals surface area contributed by atoms with Crippen LogP contribution in [0.4, 0.5) is 0 Å². The Kier molecular flexibility index (Phi) is 49.8. The van der Waals surface area contributed by atoms with E-state index in [0.29, 0.717) is 19.3 Å². The van der Waals surface area contributed by atoms with Gasteiger partial charge in [-0.3, -0.25) is 14.4 Å². The number of hydrogen-bond acceptors (Lipinski definition) is 6. The summed E-state index contributed by atoms with van der Waals surface area (Å²) in [7, 11) is 0. The highest BCUT2D eigenvalue weighted by atomic mass is 16.6. The quantitative estimate of drug-likeness (QED) is 0.0262. The van der Waals surface area contributed by atoms with Gasteiger partial charge in [-0.2, -0.15) is 0 Å². The minimum absolute atomic E-state index is 0.0827. The van der Waals surface area contributed by atoms with Crippen LogP contribution < -0.4 is 0 Å². The second kappa shape index (κ2) is 52.0.